The van der Waals surface area contributed by atoms with E-state index in [2.05, 4.69) is 25.2 Å². The molecular formula is C24H21FO3. The predicted molar refractivity (Wildman–Crippen MR) is 109 cm³/mol. The van der Waals surface area contributed by atoms with E-state index in [1.807, 2.05) is 19.1 Å². The number of benzene rings is 2. The quantitative estimate of drug-likeness (QED) is 0.503. The third kappa shape index (κ3) is 3.15. The maximum atomic E-state index is 13.3. The molecule has 1 aliphatic carbocycles. The number of halogens is 1. The topological polar surface area (TPSA) is 39.4 Å². The van der Waals surface area contributed by atoms with Crippen molar-refractivity contribution in [2.75, 3.05) is 7.11 Å². The van der Waals surface area contributed by atoms with Crippen LogP contribution in [0.5, 0.6) is 0 Å². The van der Waals surface area contributed by atoms with Gasteiger partial charge in [0.25, 0.3) is 0 Å². The van der Waals surface area contributed by atoms with Gasteiger partial charge in [-0.1, -0.05) is 25.2 Å². The third-order valence-corrected chi connectivity index (χ3v) is 5.16. The number of hydrogen-bond acceptors (Lipinski definition) is 3. The van der Waals surface area contributed by atoms with Crippen molar-refractivity contribution < 1.29 is 18.3 Å². The third-order valence-electron chi connectivity index (χ3n) is 5.16. The lowest BCUT2D eigenvalue weighted by molar-refractivity contribution is 0.0603. The number of esters is 1. The van der Waals surface area contributed by atoms with Crippen LogP contribution in [0.4, 0.5) is 4.39 Å². The molecule has 0 radical (unpaired) electrons. The van der Waals surface area contributed by atoms with Crippen molar-refractivity contribution in [2.24, 2.45) is 5.92 Å². The van der Waals surface area contributed by atoms with Gasteiger partial charge in [-0.15, -0.1) is 0 Å². The number of furan rings is 1. The lowest BCUT2D eigenvalue weighted by Crippen LogP contribution is -2.02. The smallest absolute Gasteiger partial charge is 0.342 e. The molecule has 0 saturated heterocycles. The van der Waals surface area contributed by atoms with Crippen LogP contribution in [0.15, 0.2) is 59.0 Å². The van der Waals surface area contributed by atoms with Crippen LogP contribution >= 0.6 is 0 Å². The first kappa shape index (κ1) is 18.2. The molecule has 0 bridgehead atoms. The van der Waals surface area contributed by atoms with Gasteiger partial charge in [-0.25, -0.2) is 9.18 Å². The fourth-order valence-electron chi connectivity index (χ4n) is 3.59. The molecule has 1 aliphatic rings. The molecule has 2 aromatic carbocycles. The Morgan fingerprint density at radius 2 is 1.96 bits per heavy atom. The second kappa shape index (κ2) is 7.12. The van der Waals surface area contributed by atoms with Crippen LogP contribution in [0.3, 0.4) is 0 Å². The number of carbonyl (C=O) groups is 1. The van der Waals surface area contributed by atoms with Crippen LogP contribution in [0.25, 0.3) is 27.9 Å². The molecule has 1 heterocycles. The van der Waals surface area contributed by atoms with Crippen molar-refractivity contribution in [1.29, 1.82) is 0 Å². The van der Waals surface area contributed by atoms with Crippen molar-refractivity contribution in [1.82, 2.24) is 0 Å². The molecule has 1 atom stereocenters. The summed E-state index contributed by atoms with van der Waals surface area (Å²) in [5.41, 5.74) is 4.86. The van der Waals surface area contributed by atoms with E-state index < -0.39 is 5.97 Å². The zero-order valence-electron chi connectivity index (χ0n) is 16.1. The van der Waals surface area contributed by atoms with E-state index in [0.29, 0.717) is 33.8 Å². The van der Waals surface area contributed by atoms with Crippen LogP contribution in [0.2, 0.25) is 0 Å². The van der Waals surface area contributed by atoms with Gasteiger partial charge in [0.15, 0.2) is 0 Å². The van der Waals surface area contributed by atoms with Crippen LogP contribution in [0.1, 0.15) is 34.8 Å². The van der Waals surface area contributed by atoms with Crippen LogP contribution in [-0.4, -0.2) is 13.1 Å². The number of fused-ring (bicyclic) bond motifs is 1. The van der Waals surface area contributed by atoms with Gasteiger partial charge in [-0.3, -0.25) is 0 Å². The van der Waals surface area contributed by atoms with Crippen molar-refractivity contribution in [3.63, 3.8) is 0 Å². The monoisotopic (exact) mass is 376 g/mol. The van der Waals surface area contributed by atoms with E-state index in [1.54, 1.807) is 12.1 Å². The Labute approximate surface area is 163 Å². The highest BCUT2D eigenvalue weighted by atomic mass is 19.1. The number of aryl methyl sites for hydroxylation is 1. The molecule has 0 spiro atoms. The molecule has 1 unspecified atom stereocenters. The van der Waals surface area contributed by atoms with Gasteiger partial charge in [0.1, 0.15) is 22.7 Å². The van der Waals surface area contributed by atoms with E-state index in [-0.39, 0.29) is 5.82 Å². The molecular weight excluding hydrogens is 355 g/mol. The Bertz CT molecular complexity index is 1120. The molecule has 4 rings (SSSR count). The van der Waals surface area contributed by atoms with Crippen molar-refractivity contribution in [3.8, 4) is 11.3 Å². The first-order valence-corrected chi connectivity index (χ1v) is 9.28. The standard InChI is InChI=1S/C24H21FO3/c1-14-4-6-16(7-5-14)19-13-20-21(12-15(19)2)28-23(22(20)24(26)27-3)17-8-10-18(25)11-9-17/h4,6-14H,5H2,1-3H3. The molecule has 28 heavy (non-hydrogen) atoms. The minimum atomic E-state index is -0.477. The summed E-state index contributed by atoms with van der Waals surface area (Å²) in [6.45, 7) is 4.21. The van der Waals surface area contributed by atoms with E-state index in [1.165, 1.54) is 19.2 Å². The minimum absolute atomic E-state index is 0.345. The Hall–Kier alpha value is -3.14. The van der Waals surface area contributed by atoms with Gasteiger partial charge >= 0.3 is 5.97 Å². The highest BCUT2D eigenvalue weighted by molar-refractivity contribution is 6.09. The summed E-state index contributed by atoms with van der Waals surface area (Å²) in [5, 5.41) is 0.694. The average Bonchev–Trinajstić information content (AvgIpc) is 3.06. The molecule has 0 N–H and O–H groups in total. The van der Waals surface area contributed by atoms with Crippen molar-refractivity contribution >= 4 is 22.5 Å². The maximum absolute atomic E-state index is 13.3. The molecule has 0 fully saturated rings. The van der Waals surface area contributed by atoms with Gasteiger partial charge in [-0.05, 0) is 72.4 Å². The van der Waals surface area contributed by atoms with Gasteiger partial charge < -0.3 is 9.15 Å². The number of carbonyl (C=O) groups excluding carboxylic acids is 1. The lowest BCUT2D eigenvalue weighted by Gasteiger charge is -2.14. The second-order valence-corrected chi connectivity index (χ2v) is 7.20. The normalized spacial score (nSPS) is 16.3. The summed E-state index contributed by atoms with van der Waals surface area (Å²) in [7, 11) is 1.35. The van der Waals surface area contributed by atoms with Crippen LogP contribution < -0.4 is 0 Å². The van der Waals surface area contributed by atoms with Crippen LogP contribution in [-0.2, 0) is 4.74 Å². The molecule has 0 aliphatic heterocycles. The highest BCUT2D eigenvalue weighted by Gasteiger charge is 2.24. The summed E-state index contributed by atoms with van der Waals surface area (Å²) in [4.78, 5) is 12.6. The van der Waals surface area contributed by atoms with Crippen LogP contribution in [0, 0.1) is 18.7 Å². The highest BCUT2D eigenvalue weighted by Crippen LogP contribution is 2.38. The summed E-state index contributed by atoms with van der Waals surface area (Å²) < 4.78 is 24.4. The molecule has 1 aromatic heterocycles. The Kier molecular flexibility index (Phi) is 4.63. The van der Waals surface area contributed by atoms with Gasteiger partial charge in [0, 0.05) is 10.9 Å². The number of methoxy groups -OCH3 is 1. The predicted octanol–water partition coefficient (Wildman–Crippen LogP) is 6.31. The molecule has 0 saturated carbocycles. The van der Waals surface area contributed by atoms with Crippen molar-refractivity contribution in [3.05, 3.63) is 77.1 Å². The molecule has 0 amide bonds. The van der Waals surface area contributed by atoms with Crippen molar-refractivity contribution in [2.45, 2.75) is 20.3 Å². The zero-order valence-corrected chi connectivity index (χ0v) is 16.1. The first-order chi connectivity index (χ1) is 13.5. The van der Waals surface area contributed by atoms with E-state index in [4.69, 9.17) is 9.15 Å². The zero-order chi connectivity index (χ0) is 19.8. The first-order valence-electron chi connectivity index (χ1n) is 9.28. The fourth-order valence-corrected chi connectivity index (χ4v) is 3.59. The Morgan fingerprint density at radius 1 is 1.21 bits per heavy atom. The lowest BCUT2D eigenvalue weighted by atomic mass is 9.91. The Balaban J connectivity index is 1.94. The van der Waals surface area contributed by atoms with E-state index in [0.717, 1.165) is 23.1 Å². The van der Waals surface area contributed by atoms with E-state index in [9.17, 15) is 9.18 Å². The fraction of sp³-hybridized carbons (Fsp3) is 0.208. The SMILES string of the molecule is COC(=O)c1c(-c2ccc(F)cc2)oc2cc(C)c(C3=CCC(C)C=C3)cc12. The average molecular weight is 376 g/mol. The maximum Gasteiger partial charge on any atom is 0.342 e. The Morgan fingerprint density at radius 3 is 2.61 bits per heavy atom. The summed E-state index contributed by atoms with van der Waals surface area (Å²) >= 11 is 0. The summed E-state index contributed by atoms with van der Waals surface area (Å²) in [6.07, 6.45) is 7.53. The number of allylic oxidation sites excluding steroid dienone is 4. The minimum Gasteiger partial charge on any atom is -0.465 e. The van der Waals surface area contributed by atoms with Gasteiger partial charge in [-0.2, -0.15) is 0 Å². The molecule has 3 aromatic rings. The van der Waals surface area contributed by atoms with E-state index >= 15 is 0 Å². The number of rotatable bonds is 3. The number of hydrogen-bond donors (Lipinski definition) is 0. The summed E-state index contributed by atoms with van der Waals surface area (Å²) in [6, 6.07) is 9.82. The molecule has 142 valence electrons. The number of ether oxygens (including phenoxy) is 1. The molecule has 4 heteroatoms. The van der Waals surface area contributed by atoms with Gasteiger partial charge in [0.2, 0.25) is 0 Å². The summed E-state index contributed by atoms with van der Waals surface area (Å²) in [5.74, 6) is 0.0927. The van der Waals surface area contributed by atoms with Gasteiger partial charge in [0.05, 0.1) is 7.11 Å². The second-order valence-electron chi connectivity index (χ2n) is 7.20. The molecule has 3 nitrogen and oxygen atoms in total. The largest absolute Gasteiger partial charge is 0.465 e.